The normalized spacial score (nSPS) is 13.6. The second kappa shape index (κ2) is 5.50. The molecule has 1 rings (SSSR count). The van der Waals surface area contributed by atoms with Gasteiger partial charge in [0.25, 0.3) is 3.79 Å². The van der Waals surface area contributed by atoms with E-state index in [-0.39, 0.29) is 5.52 Å². The number of rotatable bonds is 3. The summed E-state index contributed by atoms with van der Waals surface area (Å²) in [6.07, 6.45) is 0.687. The summed E-state index contributed by atoms with van der Waals surface area (Å²) in [5.41, 5.74) is -0.309. The molecule has 0 bridgehead atoms. The fourth-order valence-electron chi connectivity index (χ4n) is 1.20. The summed E-state index contributed by atoms with van der Waals surface area (Å²) in [7, 11) is -1.04. The summed E-state index contributed by atoms with van der Waals surface area (Å²) in [5, 5.41) is 0.950. The van der Waals surface area contributed by atoms with Crippen molar-refractivity contribution < 1.29 is 4.79 Å². The number of hydrogen-bond acceptors (Lipinski definition) is 1. The fraction of sp³-hybridized carbons (Fsp3) is 0.300. The Bertz CT molecular complexity index is 334. The van der Waals surface area contributed by atoms with Crippen molar-refractivity contribution in [1.82, 2.24) is 0 Å². The van der Waals surface area contributed by atoms with Gasteiger partial charge in [0.2, 0.25) is 5.52 Å². The van der Waals surface area contributed by atoms with Gasteiger partial charge >= 0.3 is 0 Å². The molecule has 0 N–H and O–H groups in total. The van der Waals surface area contributed by atoms with Crippen LogP contribution in [0, 0.1) is 0 Å². The Kier molecular flexibility index (Phi) is 4.86. The molecule has 1 atom stereocenters. The Morgan fingerprint density at radius 1 is 1.27 bits per heavy atom. The van der Waals surface area contributed by atoms with Crippen molar-refractivity contribution in [3.63, 3.8) is 0 Å². The molecule has 0 saturated heterocycles. The predicted molar refractivity (Wildman–Crippen MR) is 68.8 cm³/mol. The maximum Gasteiger partial charge on any atom is 0.253 e. The molecular formula is C10H10Cl3OP. The van der Waals surface area contributed by atoms with E-state index in [1.807, 2.05) is 37.3 Å². The highest BCUT2D eigenvalue weighted by Crippen LogP contribution is 2.45. The van der Waals surface area contributed by atoms with Crippen LogP contribution < -0.4 is 5.30 Å². The molecule has 0 saturated carbocycles. The smallest absolute Gasteiger partial charge is 0.253 e. The van der Waals surface area contributed by atoms with Crippen LogP contribution in [0.25, 0.3) is 0 Å². The molecule has 0 fully saturated rings. The summed E-state index contributed by atoms with van der Waals surface area (Å²) in [4.78, 5) is 11.8. The van der Waals surface area contributed by atoms with Crippen molar-refractivity contribution >= 4 is 53.6 Å². The maximum absolute atomic E-state index is 11.8. The van der Waals surface area contributed by atoms with E-state index < -0.39 is 11.7 Å². The molecule has 15 heavy (non-hydrogen) atoms. The van der Waals surface area contributed by atoms with Gasteiger partial charge in [0, 0.05) is 0 Å². The van der Waals surface area contributed by atoms with Gasteiger partial charge in [0.15, 0.2) is 0 Å². The fourth-order valence-corrected chi connectivity index (χ4v) is 3.85. The van der Waals surface area contributed by atoms with Crippen molar-refractivity contribution in [1.29, 1.82) is 0 Å². The van der Waals surface area contributed by atoms with Gasteiger partial charge < -0.3 is 0 Å². The van der Waals surface area contributed by atoms with Crippen LogP contribution in [0.4, 0.5) is 0 Å². The number of carbonyl (C=O) groups excluding carboxylic acids is 1. The molecule has 0 aliphatic carbocycles. The van der Waals surface area contributed by atoms with Gasteiger partial charge in [0.05, 0.1) is 0 Å². The average molecular weight is 284 g/mol. The molecule has 1 aromatic rings. The summed E-state index contributed by atoms with van der Waals surface area (Å²) < 4.78 is -1.81. The van der Waals surface area contributed by atoms with Gasteiger partial charge in [-0.05, 0) is 19.4 Å². The molecule has 0 aliphatic rings. The molecular weight excluding hydrogens is 273 g/mol. The van der Waals surface area contributed by atoms with Crippen LogP contribution in [0.3, 0.4) is 0 Å². The zero-order valence-electron chi connectivity index (χ0n) is 8.08. The maximum atomic E-state index is 11.8. The van der Waals surface area contributed by atoms with Crippen LogP contribution in [0.1, 0.15) is 6.92 Å². The lowest BCUT2D eigenvalue weighted by atomic mass is 10.4. The van der Waals surface area contributed by atoms with Gasteiger partial charge in [-0.2, -0.15) is 0 Å². The van der Waals surface area contributed by atoms with Crippen molar-refractivity contribution in [3.05, 3.63) is 30.3 Å². The molecule has 1 aromatic carbocycles. The van der Waals surface area contributed by atoms with Crippen molar-refractivity contribution in [3.8, 4) is 0 Å². The molecule has 5 heteroatoms. The number of alkyl halides is 3. The molecule has 0 spiro atoms. The van der Waals surface area contributed by atoms with Gasteiger partial charge in [-0.25, -0.2) is 0 Å². The van der Waals surface area contributed by atoms with Crippen molar-refractivity contribution in [2.45, 2.75) is 10.7 Å². The average Bonchev–Trinajstić information content (AvgIpc) is 2.19. The van der Waals surface area contributed by atoms with Gasteiger partial charge in [0.1, 0.15) is 0 Å². The van der Waals surface area contributed by atoms with Crippen LogP contribution in [0.2, 0.25) is 0 Å². The number of carbonyl (C=O) groups is 1. The monoisotopic (exact) mass is 282 g/mol. The molecule has 0 aromatic heterocycles. The minimum Gasteiger partial charge on any atom is -0.289 e. The third kappa shape index (κ3) is 3.60. The Labute approximate surface area is 105 Å². The molecule has 0 amide bonds. The van der Waals surface area contributed by atoms with Crippen LogP contribution in [-0.4, -0.2) is 15.5 Å². The largest absolute Gasteiger partial charge is 0.289 e. The van der Waals surface area contributed by atoms with E-state index in [0.717, 1.165) is 5.30 Å². The first-order chi connectivity index (χ1) is 6.96. The van der Waals surface area contributed by atoms with Crippen molar-refractivity contribution in [2.75, 3.05) is 6.16 Å². The highest BCUT2D eigenvalue weighted by molar-refractivity contribution is 7.82. The quantitative estimate of drug-likeness (QED) is 0.610. The van der Waals surface area contributed by atoms with E-state index >= 15 is 0 Å². The standard InChI is InChI=1S/C10H10Cl3OP/c1-2-15(9(14)10(11,12)13)8-6-4-3-5-7-8/h3-7H,2H2,1H3. The molecule has 0 heterocycles. The SMILES string of the molecule is CCP(C(=O)C(Cl)(Cl)Cl)c1ccccc1. The third-order valence-electron chi connectivity index (χ3n) is 1.87. The topological polar surface area (TPSA) is 17.1 Å². The van der Waals surface area contributed by atoms with Crippen LogP contribution >= 0.6 is 42.7 Å². The lowest BCUT2D eigenvalue weighted by Gasteiger charge is -2.18. The van der Waals surface area contributed by atoms with Gasteiger partial charge in [-0.1, -0.05) is 72.1 Å². The summed E-state index contributed by atoms with van der Waals surface area (Å²) in [6, 6.07) is 9.44. The Morgan fingerprint density at radius 2 is 1.80 bits per heavy atom. The molecule has 0 radical (unpaired) electrons. The lowest BCUT2D eigenvalue weighted by Crippen LogP contribution is -2.22. The zero-order valence-corrected chi connectivity index (χ0v) is 11.2. The number of benzene rings is 1. The molecule has 82 valence electrons. The molecule has 1 unspecified atom stereocenters. The summed E-state index contributed by atoms with van der Waals surface area (Å²) in [5.74, 6) is 0. The minimum absolute atomic E-state index is 0.309. The van der Waals surface area contributed by atoms with E-state index in [1.165, 1.54) is 0 Å². The molecule has 1 nitrogen and oxygen atoms in total. The Hall–Kier alpha value is 0.190. The van der Waals surface area contributed by atoms with Crippen molar-refractivity contribution in [2.24, 2.45) is 0 Å². The predicted octanol–water partition coefficient (Wildman–Crippen LogP) is 3.71. The zero-order chi connectivity index (χ0) is 11.5. The summed E-state index contributed by atoms with van der Waals surface area (Å²) in [6.45, 7) is 1.92. The highest BCUT2D eigenvalue weighted by Gasteiger charge is 2.36. The first-order valence-electron chi connectivity index (χ1n) is 4.40. The summed E-state index contributed by atoms with van der Waals surface area (Å²) >= 11 is 16.8. The first-order valence-corrected chi connectivity index (χ1v) is 7.06. The van der Waals surface area contributed by atoms with E-state index in [0.29, 0.717) is 6.16 Å². The Balaban J connectivity index is 2.96. The Morgan fingerprint density at radius 3 is 2.20 bits per heavy atom. The van der Waals surface area contributed by atoms with E-state index in [9.17, 15) is 4.79 Å². The van der Waals surface area contributed by atoms with E-state index in [1.54, 1.807) is 0 Å². The second-order valence-corrected chi connectivity index (χ2v) is 7.58. The third-order valence-corrected chi connectivity index (χ3v) is 5.16. The number of halogens is 3. The lowest BCUT2D eigenvalue weighted by molar-refractivity contribution is -0.110. The first kappa shape index (κ1) is 13.3. The van der Waals surface area contributed by atoms with Crippen LogP contribution in [-0.2, 0) is 4.79 Å². The van der Waals surface area contributed by atoms with Gasteiger partial charge in [-0.15, -0.1) is 0 Å². The van der Waals surface area contributed by atoms with E-state index in [2.05, 4.69) is 0 Å². The number of hydrogen-bond donors (Lipinski definition) is 0. The minimum atomic E-state index is -1.81. The van der Waals surface area contributed by atoms with Gasteiger partial charge in [-0.3, -0.25) is 4.79 Å². The highest BCUT2D eigenvalue weighted by atomic mass is 35.6. The molecule has 0 aliphatic heterocycles. The van der Waals surface area contributed by atoms with Crippen LogP contribution in [0.15, 0.2) is 30.3 Å². The van der Waals surface area contributed by atoms with E-state index in [4.69, 9.17) is 34.8 Å². The second-order valence-electron chi connectivity index (χ2n) is 2.88. The van der Waals surface area contributed by atoms with Crippen LogP contribution in [0.5, 0.6) is 0 Å².